The normalized spacial score (nSPS) is 18.2. The van der Waals surface area contributed by atoms with E-state index < -0.39 is 17.6 Å². The molecule has 0 bridgehead atoms. The molecule has 1 aliphatic carbocycles. The molecule has 3 aromatic rings. The Balaban J connectivity index is 0.00000342. The van der Waals surface area contributed by atoms with Gasteiger partial charge < -0.3 is 15.5 Å². The molecule has 190 valence electrons. The van der Waals surface area contributed by atoms with E-state index in [0.717, 1.165) is 60.6 Å². The maximum absolute atomic E-state index is 13.9. The van der Waals surface area contributed by atoms with Gasteiger partial charge in [-0.3, -0.25) is 0 Å². The Hall–Kier alpha value is -2.94. The molecular formula is C26H33F4N5. The molecule has 4 rings (SSSR count). The van der Waals surface area contributed by atoms with E-state index >= 15 is 0 Å². The Bertz CT molecular complexity index is 1120. The minimum Gasteiger partial charge on any atom is -0.362 e. The lowest BCUT2D eigenvalue weighted by Gasteiger charge is -2.29. The number of rotatable bonds is 7. The topological polar surface area (TPSA) is 53.1 Å². The van der Waals surface area contributed by atoms with E-state index in [9.17, 15) is 17.6 Å². The highest BCUT2D eigenvalue weighted by atomic mass is 19.4. The second kappa shape index (κ2) is 11.2. The Morgan fingerprint density at radius 2 is 1.71 bits per heavy atom. The van der Waals surface area contributed by atoms with Gasteiger partial charge in [-0.25, -0.2) is 9.37 Å². The zero-order valence-electron chi connectivity index (χ0n) is 19.3. The molecular weight excluding hydrogens is 458 g/mol. The van der Waals surface area contributed by atoms with E-state index in [1.807, 2.05) is 43.3 Å². The molecule has 0 amide bonds. The molecule has 1 heterocycles. The molecule has 0 unspecified atom stereocenters. The largest absolute Gasteiger partial charge is 0.416 e. The van der Waals surface area contributed by atoms with Crippen molar-refractivity contribution < 1.29 is 17.6 Å². The summed E-state index contributed by atoms with van der Waals surface area (Å²) in [6.45, 7) is 0.714. The van der Waals surface area contributed by atoms with Crippen molar-refractivity contribution in [3.63, 3.8) is 0 Å². The summed E-state index contributed by atoms with van der Waals surface area (Å²) in [7, 11) is 3.92. The summed E-state index contributed by atoms with van der Waals surface area (Å²) in [5.41, 5.74) is 0.101. The van der Waals surface area contributed by atoms with E-state index in [2.05, 4.69) is 15.6 Å². The standard InChI is InChI=1S/C25H29F4N5.CH4/c1-34(2)23-20-5-3-4-6-22(20)32-24(33-23)31-19-10-7-16(8-11-19)14-30-15-17-13-18(25(27,28)29)9-12-21(17)26;/h3-6,9,12-13,16,19,30H,7-8,10-11,14-15H2,1-2H3,(H,31,32,33);1H4. The SMILES string of the molecule is C.CN(C)c1nc(NC2CCC(CNCc3cc(C(F)(F)F)ccc3F)CC2)nc2ccccc12. The Labute approximate surface area is 204 Å². The van der Waals surface area contributed by atoms with E-state index in [0.29, 0.717) is 18.4 Å². The van der Waals surface area contributed by atoms with Gasteiger partial charge in [0.2, 0.25) is 5.95 Å². The molecule has 0 radical (unpaired) electrons. The van der Waals surface area contributed by atoms with E-state index in [1.165, 1.54) is 0 Å². The molecule has 5 nitrogen and oxygen atoms in total. The van der Waals surface area contributed by atoms with Crippen LogP contribution in [0.2, 0.25) is 0 Å². The van der Waals surface area contributed by atoms with E-state index in [4.69, 9.17) is 4.98 Å². The van der Waals surface area contributed by atoms with Crippen molar-refractivity contribution in [1.82, 2.24) is 15.3 Å². The Morgan fingerprint density at radius 1 is 1.00 bits per heavy atom. The highest BCUT2D eigenvalue weighted by Gasteiger charge is 2.31. The summed E-state index contributed by atoms with van der Waals surface area (Å²) < 4.78 is 52.6. The maximum Gasteiger partial charge on any atom is 0.416 e. The van der Waals surface area contributed by atoms with Gasteiger partial charge in [0.05, 0.1) is 11.1 Å². The average molecular weight is 492 g/mol. The number of halogens is 4. The predicted molar refractivity (Wildman–Crippen MR) is 133 cm³/mol. The lowest BCUT2D eigenvalue weighted by atomic mass is 9.86. The first-order valence-electron chi connectivity index (χ1n) is 11.5. The minimum atomic E-state index is -4.48. The number of hydrogen-bond donors (Lipinski definition) is 2. The number of nitrogens with zero attached hydrogens (tertiary/aromatic N) is 3. The number of nitrogens with one attached hydrogen (secondary N) is 2. The van der Waals surface area contributed by atoms with Crippen LogP contribution in [0.3, 0.4) is 0 Å². The molecule has 9 heteroatoms. The van der Waals surface area contributed by atoms with Crippen LogP contribution in [0.15, 0.2) is 42.5 Å². The van der Waals surface area contributed by atoms with Gasteiger partial charge in [0.15, 0.2) is 0 Å². The molecule has 0 saturated heterocycles. The minimum absolute atomic E-state index is 0. The number of benzene rings is 2. The van der Waals surface area contributed by atoms with Crippen molar-refractivity contribution in [3.8, 4) is 0 Å². The molecule has 1 aromatic heterocycles. The molecule has 2 aromatic carbocycles. The molecule has 1 aliphatic rings. The van der Waals surface area contributed by atoms with Gasteiger partial charge in [0, 0.05) is 37.6 Å². The second-order valence-corrected chi connectivity index (χ2v) is 9.08. The summed E-state index contributed by atoms with van der Waals surface area (Å²) in [5, 5.41) is 7.62. The number of fused-ring (bicyclic) bond motifs is 1. The Kier molecular flexibility index (Phi) is 8.53. The van der Waals surface area contributed by atoms with Crippen LogP contribution >= 0.6 is 0 Å². The van der Waals surface area contributed by atoms with Crippen LogP contribution in [0.4, 0.5) is 29.3 Å². The number of anilines is 2. The molecule has 2 N–H and O–H groups in total. The third kappa shape index (κ3) is 6.60. The van der Waals surface area contributed by atoms with Crippen LogP contribution in [-0.4, -0.2) is 36.6 Å². The van der Waals surface area contributed by atoms with Gasteiger partial charge in [-0.05, 0) is 68.5 Å². The third-order valence-corrected chi connectivity index (χ3v) is 6.31. The zero-order chi connectivity index (χ0) is 24.3. The van der Waals surface area contributed by atoms with Crippen LogP contribution in [0.1, 0.15) is 44.2 Å². The molecule has 0 spiro atoms. The molecule has 0 aliphatic heterocycles. The second-order valence-electron chi connectivity index (χ2n) is 9.08. The summed E-state index contributed by atoms with van der Waals surface area (Å²) in [6.07, 6.45) is -0.668. The van der Waals surface area contributed by atoms with Crippen molar-refractivity contribution in [2.24, 2.45) is 5.92 Å². The summed E-state index contributed by atoms with van der Waals surface area (Å²) in [6, 6.07) is 10.7. The van der Waals surface area contributed by atoms with Gasteiger partial charge in [0.1, 0.15) is 11.6 Å². The highest BCUT2D eigenvalue weighted by Crippen LogP contribution is 2.31. The van der Waals surface area contributed by atoms with Crippen LogP contribution in [0.5, 0.6) is 0 Å². The monoisotopic (exact) mass is 491 g/mol. The zero-order valence-corrected chi connectivity index (χ0v) is 19.3. The molecule has 1 saturated carbocycles. The maximum atomic E-state index is 13.9. The fraction of sp³-hybridized carbons (Fsp3) is 0.462. The third-order valence-electron chi connectivity index (χ3n) is 6.31. The number of aromatic nitrogens is 2. The van der Waals surface area contributed by atoms with Crippen molar-refractivity contribution in [2.75, 3.05) is 30.9 Å². The summed E-state index contributed by atoms with van der Waals surface area (Å²) in [4.78, 5) is 11.4. The fourth-order valence-electron chi connectivity index (χ4n) is 4.46. The van der Waals surface area contributed by atoms with Crippen molar-refractivity contribution in [1.29, 1.82) is 0 Å². The first-order chi connectivity index (χ1) is 16.2. The molecule has 35 heavy (non-hydrogen) atoms. The summed E-state index contributed by atoms with van der Waals surface area (Å²) in [5.74, 6) is 1.25. The molecule has 0 atom stereocenters. The highest BCUT2D eigenvalue weighted by molar-refractivity contribution is 5.90. The predicted octanol–water partition coefficient (Wildman–Crippen LogP) is 6.25. The van der Waals surface area contributed by atoms with Crippen LogP contribution in [0, 0.1) is 11.7 Å². The van der Waals surface area contributed by atoms with Gasteiger partial charge >= 0.3 is 6.18 Å². The smallest absolute Gasteiger partial charge is 0.362 e. The lowest BCUT2D eigenvalue weighted by Crippen LogP contribution is -2.31. The van der Waals surface area contributed by atoms with Crippen molar-refractivity contribution >= 4 is 22.7 Å². The number of para-hydroxylation sites is 1. The van der Waals surface area contributed by atoms with Crippen LogP contribution < -0.4 is 15.5 Å². The average Bonchev–Trinajstić information content (AvgIpc) is 2.80. The molecule has 1 fully saturated rings. The van der Waals surface area contributed by atoms with Crippen molar-refractivity contribution in [2.45, 2.75) is 51.9 Å². The van der Waals surface area contributed by atoms with E-state index in [-0.39, 0.29) is 25.6 Å². The summed E-state index contributed by atoms with van der Waals surface area (Å²) >= 11 is 0. The van der Waals surface area contributed by atoms with Gasteiger partial charge in [-0.1, -0.05) is 19.6 Å². The lowest BCUT2D eigenvalue weighted by molar-refractivity contribution is -0.137. The van der Waals surface area contributed by atoms with Gasteiger partial charge in [0.25, 0.3) is 0 Å². The first kappa shape index (κ1) is 26.7. The number of hydrogen-bond acceptors (Lipinski definition) is 5. The van der Waals surface area contributed by atoms with Gasteiger partial charge in [-0.15, -0.1) is 0 Å². The van der Waals surface area contributed by atoms with Crippen molar-refractivity contribution in [3.05, 3.63) is 59.4 Å². The van der Waals surface area contributed by atoms with Crippen LogP contribution in [-0.2, 0) is 12.7 Å². The Morgan fingerprint density at radius 3 is 2.40 bits per heavy atom. The quantitative estimate of drug-likeness (QED) is 0.383. The van der Waals surface area contributed by atoms with Gasteiger partial charge in [-0.2, -0.15) is 18.2 Å². The number of alkyl halides is 3. The van der Waals surface area contributed by atoms with E-state index in [1.54, 1.807) is 0 Å². The first-order valence-corrected chi connectivity index (χ1v) is 11.5. The van der Waals surface area contributed by atoms with Crippen LogP contribution in [0.25, 0.3) is 10.9 Å². The fourth-order valence-corrected chi connectivity index (χ4v) is 4.46.